The van der Waals surface area contributed by atoms with E-state index < -0.39 is 11.8 Å². The first-order chi connectivity index (χ1) is 12.1. The number of hydrogen-bond donors (Lipinski definition) is 2. The lowest BCUT2D eigenvalue weighted by molar-refractivity contribution is -0.136. The third-order valence-electron chi connectivity index (χ3n) is 3.12. The van der Waals surface area contributed by atoms with Gasteiger partial charge in [-0.3, -0.25) is 9.59 Å². The average molecular weight is 335 g/mol. The van der Waals surface area contributed by atoms with E-state index in [1.807, 2.05) is 19.1 Å². The minimum Gasteiger partial charge on any atom is -0.480 e. The van der Waals surface area contributed by atoms with Gasteiger partial charge in [0.1, 0.15) is 12.4 Å². The number of terminal acetylenes is 1. The molecule has 0 aliphatic rings. The molecule has 6 nitrogen and oxygen atoms in total. The number of para-hydroxylation sites is 1. The number of ether oxygens (including phenoxy) is 1. The molecule has 6 heteroatoms. The molecule has 0 unspecified atom stereocenters. The van der Waals surface area contributed by atoms with Gasteiger partial charge in [0.25, 0.3) is 0 Å². The molecule has 2 rings (SSSR count). The van der Waals surface area contributed by atoms with E-state index in [9.17, 15) is 9.59 Å². The van der Waals surface area contributed by atoms with Gasteiger partial charge in [-0.05, 0) is 31.2 Å². The highest BCUT2D eigenvalue weighted by Crippen LogP contribution is 2.15. The van der Waals surface area contributed by atoms with E-state index in [0.29, 0.717) is 17.0 Å². The number of benzene rings is 2. The Kier molecular flexibility index (Phi) is 6.32. The first kappa shape index (κ1) is 17.8. The van der Waals surface area contributed by atoms with Crippen molar-refractivity contribution in [1.82, 2.24) is 5.43 Å². The standard InChI is InChI=1S/C19H17N3O3/c1-3-12-25-17-7-5-4-6-15(17)13-20-22-19(24)18(23)21-16-10-8-14(2)9-11-16/h1,4-11,13H,12H2,2H3,(H,21,23)(H,22,24)/b20-13+. The lowest BCUT2D eigenvalue weighted by atomic mass is 10.2. The van der Waals surface area contributed by atoms with Crippen LogP contribution in [0, 0.1) is 19.3 Å². The summed E-state index contributed by atoms with van der Waals surface area (Å²) in [5.41, 5.74) is 4.37. The molecule has 2 aromatic carbocycles. The molecule has 0 aromatic heterocycles. The molecule has 0 saturated heterocycles. The number of carbonyl (C=O) groups excluding carboxylic acids is 2. The van der Waals surface area contributed by atoms with Gasteiger partial charge in [0.05, 0.1) is 6.21 Å². The number of amides is 2. The van der Waals surface area contributed by atoms with Crippen LogP contribution in [-0.2, 0) is 9.59 Å². The topological polar surface area (TPSA) is 79.8 Å². The second kappa shape index (κ2) is 8.89. The molecule has 2 N–H and O–H groups in total. The maximum Gasteiger partial charge on any atom is 0.329 e. The summed E-state index contributed by atoms with van der Waals surface area (Å²) in [5, 5.41) is 6.26. The average Bonchev–Trinajstić information content (AvgIpc) is 2.62. The molecule has 2 amide bonds. The Hall–Kier alpha value is -3.59. The molecule has 0 bridgehead atoms. The SMILES string of the molecule is C#CCOc1ccccc1/C=N/NC(=O)C(=O)Nc1ccc(C)cc1. The third-order valence-corrected chi connectivity index (χ3v) is 3.12. The molecule has 126 valence electrons. The maximum atomic E-state index is 11.8. The fourth-order valence-corrected chi connectivity index (χ4v) is 1.87. The van der Waals surface area contributed by atoms with Crippen LogP contribution in [0.2, 0.25) is 0 Å². The number of nitrogens with zero attached hydrogens (tertiary/aromatic N) is 1. The molecule has 0 aliphatic heterocycles. The van der Waals surface area contributed by atoms with Crippen LogP contribution in [-0.4, -0.2) is 24.6 Å². The van der Waals surface area contributed by atoms with Crippen LogP contribution in [0.3, 0.4) is 0 Å². The second-order valence-electron chi connectivity index (χ2n) is 5.05. The highest BCUT2D eigenvalue weighted by molar-refractivity contribution is 6.39. The largest absolute Gasteiger partial charge is 0.480 e. The van der Waals surface area contributed by atoms with E-state index in [1.165, 1.54) is 6.21 Å². The van der Waals surface area contributed by atoms with Gasteiger partial charge in [-0.1, -0.05) is 35.7 Å². The number of carbonyl (C=O) groups is 2. The van der Waals surface area contributed by atoms with Crippen molar-refractivity contribution in [3.63, 3.8) is 0 Å². The van der Waals surface area contributed by atoms with Crippen molar-refractivity contribution in [2.45, 2.75) is 6.92 Å². The van der Waals surface area contributed by atoms with Gasteiger partial charge in [0.15, 0.2) is 0 Å². The van der Waals surface area contributed by atoms with E-state index in [0.717, 1.165) is 5.56 Å². The minimum absolute atomic E-state index is 0.121. The summed E-state index contributed by atoms with van der Waals surface area (Å²) in [5.74, 6) is 1.22. The van der Waals surface area contributed by atoms with Crippen LogP contribution in [0.4, 0.5) is 5.69 Å². The quantitative estimate of drug-likeness (QED) is 0.380. The van der Waals surface area contributed by atoms with Gasteiger partial charge in [-0.2, -0.15) is 5.10 Å². The van der Waals surface area contributed by atoms with Crippen molar-refractivity contribution in [3.8, 4) is 18.1 Å². The smallest absolute Gasteiger partial charge is 0.329 e. The Morgan fingerprint density at radius 2 is 1.88 bits per heavy atom. The number of hydrazone groups is 1. The third kappa shape index (κ3) is 5.52. The molecule has 25 heavy (non-hydrogen) atoms. The molecule has 0 radical (unpaired) electrons. The molecular weight excluding hydrogens is 318 g/mol. The predicted molar refractivity (Wildman–Crippen MR) is 96.3 cm³/mol. The molecular formula is C19H17N3O3. The molecule has 2 aromatic rings. The first-order valence-electron chi connectivity index (χ1n) is 7.46. The Labute approximate surface area is 145 Å². The summed E-state index contributed by atoms with van der Waals surface area (Å²) in [6, 6.07) is 14.1. The van der Waals surface area contributed by atoms with Crippen LogP contribution >= 0.6 is 0 Å². The van der Waals surface area contributed by atoms with E-state index >= 15 is 0 Å². The lowest BCUT2D eigenvalue weighted by Crippen LogP contribution is -2.32. The summed E-state index contributed by atoms with van der Waals surface area (Å²) in [6.45, 7) is 2.05. The van der Waals surface area contributed by atoms with Gasteiger partial charge < -0.3 is 10.1 Å². The molecule has 0 spiro atoms. The number of hydrogen-bond acceptors (Lipinski definition) is 4. The van der Waals surface area contributed by atoms with E-state index in [4.69, 9.17) is 11.2 Å². The van der Waals surface area contributed by atoms with Crippen molar-refractivity contribution in [2.75, 3.05) is 11.9 Å². The van der Waals surface area contributed by atoms with Gasteiger partial charge in [-0.25, -0.2) is 5.43 Å². The van der Waals surface area contributed by atoms with Crippen LogP contribution in [0.15, 0.2) is 53.6 Å². The summed E-state index contributed by atoms with van der Waals surface area (Å²) >= 11 is 0. The Morgan fingerprint density at radius 1 is 1.16 bits per heavy atom. The van der Waals surface area contributed by atoms with Crippen molar-refractivity contribution in [2.24, 2.45) is 5.10 Å². The van der Waals surface area contributed by atoms with Crippen LogP contribution < -0.4 is 15.5 Å². The van der Waals surface area contributed by atoms with E-state index in [2.05, 4.69) is 21.8 Å². The molecule has 0 aliphatic carbocycles. The minimum atomic E-state index is -0.876. The first-order valence-corrected chi connectivity index (χ1v) is 7.46. The summed E-state index contributed by atoms with van der Waals surface area (Å²) < 4.78 is 5.36. The Balaban J connectivity index is 1.93. The molecule has 0 saturated carbocycles. The zero-order valence-electron chi connectivity index (χ0n) is 13.7. The zero-order valence-corrected chi connectivity index (χ0v) is 13.7. The highest BCUT2D eigenvalue weighted by atomic mass is 16.5. The predicted octanol–water partition coefficient (Wildman–Crippen LogP) is 2.10. The number of aryl methyl sites for hydroxylation is 1. The Morgan fingerprint density at radius 3 is 2.60 bits per heavy atom. The molecule has 0 atom stereocenters. The highest BCUT2D eigenvalue weighted by Gasteiger charge is 2.12. The normalized spacial score (nSPS) is 10.1. The van der Waals surface area contributed by atoms with Gasteiger partial charge in [0.2, 0.25) is 0 Å². The van der Waals surface area contributed by atoms with Gasteiger partial charge in [-0.15, -0.1) is 6.42 Å². The summed E-state index contributed by atoms with van der Waals surface area (Å²) in [4.78, 5) is 23.6. The van der Waals surface area contributed by atoms with E-state index in [1.54, 1.807) is 36.4 Å². The fraction of sp³-hybridized carbons (Fsp3) is 0.105. The Bertz CT molecular complexity index is 821. The fourth-order valence-electron chi connectivity index (χ4n) is 1.87. The van der Waals surface area contributed by atoms with Crippen molar-refractivity contribution in [1.29, 1.82) is 0 Å². The van der Waals surface area contributed by atoms with Crippen LogP contribution in [0.25, 0.3) is 0 Å². The van der Waals surface area contributed by atoms with Crippen molar-refractivity contribution < 1.29 is 14.3 Å². The zero-order chi connectivity index (χ0) is 18.1. The van der Waals surface area contributed by atoms with Crippen LogP contribution in [0.1, 0.15) is 11.1 Å². The molecule has 0 heterocycles. The van der Waals surface area contributed by atoms with Crippen molar-refractivity contribution >= 4 is 23.7 Å². The number of anilines is 1. The van der Waals surface area contributed by atoms with Crippen molar-refractivity contribution in [3.05, 3.63) is 59.7 Å². The van der Waals surface area contributed by atoms with Gasteiger partial charge >= 0.3 is 11.8 Å². The maximum absolute atomic E-state index is 11.8. The van der Waals surface area contributed by atoms with Crippen LogP contribution in [0.5, 0.6) is 5.75 Å². The second-order valence-corrected chi connectivity index (χ2v) is 5.05. The molecule has 0 fully saturated rings. The monoisotopic (exact) mass is 335 g/mol. The summed E-state index contributed by atoms with van der Waals surface area (Å²) in [7, 11) is 0. The number of rotatable bonds is 5. The number of nitrogens with one attached hydrogen (secondary N) is 2. The lowest BCUT2D eigenvalue weighted by Gasteiger charge is -2.06. The van der Waals surface area contributed by atoms with Gasteiger partial charge in [0, 0.05) is 11.3 Å². The summed E-state index contributed by atoms with van der Waals surface area (Å²) in [6.07, 6.45) is 6.54. The van der Waals surface area contributed by atoms with E-state index in [-0.39, 0.29) is 6.61 Å².